The zero-order valence-corrected chi connectivity index (χ0v) is 14.5. The number of rotatable bonds is 6. The molecule has 0 bridgehead atoms. The summed E-state index contributed by atoms with van der Waals surface area (Å²) in [7, 11) is -4.40. The lowest BCUT2D eigenvalue weighted by Crippen LogP contribution is -2.28. The van der Waals surface area contributed by atoms with E-state index in [4.69, 9.17) is 0 Å². The van der Waals surface area contributed by atoms with E-state index in [0.717, 1.165) is 12.1 Å². The summed E-state index contributed by atoms with van der Waals surface area (Å²) in [5.41, 5.74) is 0.0657. The molecule has 1 amide bonds. The molecule has 0 aromatic heterocycles. The van der Waals surface area contributed by atoms with Gasteiger partial charge in [0.2, 0.25) is 0 Å². The second kappa shape index (κ2) is 7.60. The average molecular weight is 368 g/mol. The Balaban J connectivity index is 2.34. The third-order valence-electron chi connectivity index (χ3n) is 3.27. The van der Waals surface area contributed by atoms with Crippen molar-refractivity contribution < 1.29 is 22.0 Å². The van der Waals surface area contributed by atoms with Gasteiger partial charge in [-0.2, -0.15) is 0 Å². The first-order chi connectivity index (χ1) is 11.7. The van der Waals surface area contributed by atoms with Gasteiger partial charge >= 0.3 is 0 Å². The molecule has 0 unspecified atom stereocenters. The van der Waals surface area contributed by atoms with Gasteiger partial charge in [0.05, 0.1) is 11.3 Å². The van der Waals surface area contributed by atoms with E-state index in [2.05, 4.69) is 10.0 Å². The molecule has 0 fully saturated rings. The van der Waals surface area contributed by atoms with E-state index < -0.39 is 32.5 Å². The monoisotopic (exact) mass is 368 g/mol. The second-order valence-electron chi connectivity index (χ2n) is 5.83. The van der Waals surface area contributed by atoms with Crippen LogP contribution in [0.4, 0.5) is 14.5 Å². The first-order valence-corrected chi connectivity index (χ1v) is 9.04. The Kier molecular flexibility index (Phi) is 5.73. The zero-order valence-electron chi connectivity index (χ0n) is 13.7. The Morgan fingerprint density at radius 2 is 1.80 bits per heavy atom. The molecule has 2 N–H and O–H groups in total. The van der Waals surface area contributed by atoms with Gasteiger partial charge in [-0.15, -0.1) is 0 Å². The minimum atomic E-state index is -4.40. The second-order valence-corrected chi connectivity index (χ2v) is 7.48. The van der Waals surface area contributed by atoms with Crippen LogP contribution >= 0.6 is 0 Å². The molecule has 8 heteroatoms. The fourth-order valence-electron chi connectivity index (χ4n) is 2.05. The Labute approximate surface area is 145 Å². The molecular formula is C17H18F2N2O3S. The van der Waals surface area contributed by atoms with Crippen LogP contribution in [0.5, 0.6) is 0 Å². The molecule has 5 nitrogen and oxygen atoms in total. The third kappa shape index (κ3) is 4.76. The average Bonchev–Trinajstić information content (AvgIpc) is 2.55. The Morgan fingerprint density at radius 1 is 1.12 bits per heavy atom. The molecule has 134 valence electrons. The first-order valence-electron chi connectivity index (χ1n) is 7.56. The number of anilines is 1. The van der Waals surface area contributed by atoms with Gasteiger partial charge in [-0.3, -0.25) is 9.52 Å². The van der Waals surface area contributed by atoms with Crippen LogP contribution in [-0.2, 0) is 10.0 Å². The highest BCUT2D eigenvalue weighted by Crippen LogP contribution is 2.22. The van der Waals surface area contributed by atoms with Crippen molar-refractivity contribution in [2.75, 3.05) is 11.3 Å². The van der Waals surface area contributed by atoms with Gasteiger partial charge in [-0.25, -0.2) is 17.2 Å². The van der Waals surface area contributed by atoms with Crippen LogP contribution < -0.4 is 10.0 Å². The maximum absolute atomic E-state index is 13.8. The molecular weight excluding hydrogens is 350 g/mol. The van der Waals surface area contributed by atoms with Gasteiger partial charge in [-0.1, -0.05) is 26.0 Å². The summed E-state index contributed by atoms with van der Waals surface area (Å²) in [5, 5.41) is 2.68. The summed E-state index contributed by atoms with van der Waals surface area (Å²) in [6, 6.07) is 8.05. The third-order valence-corrected chi connectivity index (χ3v) is 4.65. The largest absolute Gasteiger partial charge is 0.352 e. The molecule has 0 atom stereocenters. The molecule has 0 radical (unpaired) electrons. The highest BCUT2D eigenvalue weighted by Gasteiger charge is 2.22. The number of hydrogen-bond acceptors (Lipinski definition) is 3. The zero-order chi connectivity index (χ0) is 18.6. The molecule has 25 heavy (non-hydrogen) atoms. The SMILES string of the molecule is CC(C)CNC(=O)c1ccccc1NS(=O)(=O)c1cc(F)ccc1F. The van der Waals surface area contributed by atoms with Gasteiger partial charge in [0, 0.05) is 6.54 Å². The molecule has 2 aromatic carbocycles. The Bertz CT molecular complexity index is 883. The van der Waals surface area contributed by atoms with E-state index in [-0.39, 0.29) is 17.2 Å². The van der Waals surface area contributed by atoms with Crippen LogP contribution in [0.2, 0.25) is 0 Å². The molecule has 2 rings (SSSR count). The normalized spacial score (nSPS) is 11.4. The quantitative estimate of drug-likeness (QED) is 0.822. The molecule has 0 saturated carbocycles. The van der Waals surface area contributed by atoms with Crippen molar-refractivity contribution in [2.45, 2.75) is 18.7 Å². The molecule has 0 aliphatic carbocycles. The highest BCUT2D eigenvalue weighted by molar-refractivity contribution is 7.92. The van der Waals surface area contributed by atoms with E-state index in [0.29, 0.717) is 12.6 Å². The van der Waals surface area contributed by atoms with Crippen LogP contribution in [-0.4, -0.2) is 20.9 Å². The lowest BCUT2D eigenvalue weighted by atomic mass is 10.1. The minimum absolute atomic E-state index is 0.0209. The van der Waals surface area contributed by atoms with Crippen LogP contribution in [0.25, 0.3) is 0 Å². The van der Waals surface area contributed by atoms with Crippen molar-refractivity contribution >= 4 is 21.6 Å². The summed E-state index contributed by atoms with van der Waals surface area (Å²) in [4.78, 5) is 11.4. The van der Waals surface area contributed by atoms with Crippen LogP contribution in [0.3, 0.4) is 0 Å². The molecule has 0 spiro atoms. The number of benzene rings is 2. The predicted octanol–water partition coefficient (Wildman–Crippen LogP) is 3.15. The summed E-state index contributed by atoms with van der Waals surface area (Å²) in [6.07, 6.45) is 0. The van der Waals surface area contributed by atoms with Crippen molar-refractivity contribution in [2.24, 2.45) is 5.92 Å². The molecule has 0 aliphatic heterocycles. The molecule has 0 saturated heterocycles. The molecule has 0 heterocycles. The number of sulfonamides is 1. The first kappa shape index (κ1) is 18.9. The van der Waals surface area contributed by atoms with Crippen molar-refractivity contribution in [3.63, 3.8) is 0 Å². The number of carbonyl (C=O) groups is 1. The van der Waals surface area contributed by atoms with E-state index in [9.17, 15) is 22.0 Å². The van der Waals surface area contributed by atoms with Crippen LogP contribution in [0.1, 0.15) is 24.2 Å². The summed E-state index contributed by atoms with van der Waals surface area (Å²) < 4.78 is 53.9. The van der Waals surface area contributed by atoms with Crippen molar-refractivity contribution in [1.29, 1.82) is 0 Å². The number of amides is 1. The van der Waals surface area contributed by atoms with Gasteiger partial charge in [-0.05, 0) is 36.2 Å². The standard InChI is InChI=1S/C17H18F2N2O3S/c1-11(2)10-20-17(22)13-5-3-4-6-15(13)21-25(23,24)16-9-12(18)7-8-14(16)19/h3-9,11,21H,10H2,1-2H3,(H,20,22). The summed E-state index contributed by atoms with van der Waals surface area (Å²) in [5.74, 6) is -2.22. The maximum Gasteiger partial charge on any atom is 0.264 e. The smallest absolute Gasteiger partial charge is 0.264 e. The van der Waals surface area contributed by atoms with Crippen molar-refractivity contribution in [3.05, 3.63) is 59.7 Å². The number of halogens is 2. The number of carbonyl (C=O) groups excluding carboxylic acids is 1. The number of hydrogen-bond donors (Lipinski definition) is 2. The summed E-state index contributed by atoms with van der Waals surface area (Å²) in [6.45, 7) is 4.25. The van der Waals surface area contributed by atoms with Gasteiger partial charge in [0.25, 0.3) is 15.9 Å². The number of nitrogens with one attached hydrogen (secondary N) is 2. The van der Waals surface area contributed by atoms with E-state index in [1.165, 1.54) is 18.2 Å². The molecule has 2 aromatic rings. The topological polar surface area (TPSA) is 75.3 Å². The lowest BCUT2D eigenvalue weighted by molar-refractivity contribution is 0.0950. The van der Waals surface area contributed by atoms with E-state index in [1.54, 1.807) is 6.07 Å². The van der Waals surface area contributed by atoms with Gasteiger partial charge in [0.1, 0.15) is 16.5 Å². The summed E-state index contributed by atoms with van der Waals surface area (Å²) >= 11 is 0. The Hall–Kier alpha value is -2.48. The molecule has 0 aliphatic rings. The number of para-hydroxylation sites is 1. The van der Waals surface area contributed by atoms with Gasteiger partial charge in [0.15, 0.2) is 0 Å². The van der Waals surface area contributed by atoms with Crippen molar-refractivity contribution in [1.82, 2.24) is 5.32 Å². The highest BCUT2D eigenvalue weighted by atomic mass is 32.2. The predicted molar refractivity (Wildman–Crippen MR) is 90.8 cm³/mol. The fourth-order valence-corrected chi connectivity index (χ4v) is 3.22. The maximum atomic E-state index is 13.8. The van der Waals surface area contributed by atoms with Gasteiger partial charge < -0.3 is 5.32 Å². The van der Waals surface area contributed by atoms with E-state index >= 15 is 0 Å². The minimum Gasteiger partial charge on any atom is -0.352 e. The fraction of sp³-hybridized carbons (Fsp3) is 0.235. The van der Waals surface area contributed by atoms with Crippen molar-refractivity contribution in [3.8, 4) is 0 Å². The lowest BCUT2D eigenvalue weighted by Gasteiger charge is -2.14. The van der Waals surface area contributed by atoms with Crippen LogP contribution in [0, 0.1) is 17.6 Å². The van der Waals surface area contributed by atoms with E-state index in [1.807, 2.05) is 13.8 Å². The Morgan fingerprint density at radius 3 is 2.48 bits per heavy atom. The van der Waals surface area contributed by atoms with Crippen LogP contribution in [0.15, 0.2) is 47.4 Å².